The molecule has 1 aliphatic heterocycles. The molecule has 2 nitrogen and oxygen atoms in total. The predicted molar refractivity (Wildman–Crippen MR) is 56.7 cm³/mol. The fourth-order valence-corrected chi connectivity index (χ4v) is 2.30. The van der Waals surface area contributed by atoms with E-state index < -0.39 is 0 Å². The Labute approximate surface area is 87.2 Å². The minimum atomic E-state index is 0.0391. The van der Waals surface area contributed by atoms with Crippen molar-refractivity contribution >= 4 is 17.1 Å². The first-order valence-corrected chi connectivity index (χ1v) is 5.59. The molecular formula is C11H12O2S. The van der Waals surface area contributed by atoms with Crippen LogP contribution in [0, 0.1) is 6.92 Å². The van der Waals surface area contributed by atoms with E-state index in [9.17, 15) is 4.79 Å². The molecule has 14 heavy (non-hydrogen) atoms. The highest BCUT2D eigenvalue weighted by Gasteiger charge is 2.18. The first-order valence-electron chi connectivity index (χ1n) is 4.71. The van der Waals surface area contributed by atoms with Crippen LogP contribution >= 0.6 is 11.3 Å². The van der Waals surface area contributed by atoms with Crippen molar-refractivity contribution in [3.8, 4) is 0 Å². The molecular weight excluding hydrogens is 196 g/mol. The maximum Gasteiger partial charge on any atom is 0.237 e. The van der Waals surface area contributed by atoms with Crippen molar-refractivity contribution in [1.82, 2.24) is 0 Å². The van der Waals surface area contributed by atoms with E-state index >= 15 is 0 Å². The van der Waals surface area contributed by atoms with Crippen LogP contribution < -0.4 is 0 Å². The van der Waals surface area contributed by atoms with E-state index in [1.54, 1.807) is 0 Å². The van der Waals surface area contributed by atoms with Gasteiger partial charge in [-0.1, -0.05) is 0 Å². The molecule has 74 valence electrons. The zero-order valence-electron chi connectivity index (χ0n) is 8.08. The number of carbonyl (C=O) groups excluding carboxylic acids is 1. The van der Waals surface area contributed by atoms with Crippen LogP contribution in [-0.2, 0) is 4.74 Å². The van der Waals surface area contributed by atoms with Gasteiger partial charge in [0.15, 0.2) is 5.76 Å². The number of ketones is 1. The highest BCUT2D eigenvalue weighted by Crippen LogP contribution is 2.22. The van der Waals surface area contributed by atoms with Crippen LogP contribution in [0.15, 0.2) is 23.3 Å². The molecule has 0 saturated heterocycles. The fourth-order valence-electron chi connectivity index (χ4n) is 1.43. The van der Waals surface area contributed by atoms with Crippen LogP contribution in [-0.4, -0.2) is 12.4 Å². The van der Waals surface area contributed by atoms with Gasteiger partial charge in [0.25, 0.3) is 0 Å². The van der Waals surface area contributed by atoms with Gasteiger partial charge < -0.3 is 4.74 Å². The van der Waals surface area contributed by atoms with Gasteiger partial charge in [-0.15, -0.1) is 11.3 Å². The van der Waals surface area contributed by atoms with Gasteiger partial charge >= 0.3 is 0 Å². The molecule has 2 rings (SSSR count). The minimum absolute atomic E-state index is 0.0391. The Morgan fingerprint density at radius 1 is 1.57 bits per heavy atom. The van der Waals surface area contributed by atoms with Crippen molar-refractivity contribution in [2.45, 2.75) is 19.8 Å². The summed E-state index contributed by atoms with van der Waals surface area (Å²) in [6.45, 7) is 2.62. The van der Waals surface area contributed by atoms with E-state index in [0.717, 1.165) is 23.3 Å². The Kier molecular flexibility index (Phi) is 2.68. The lowest BCUT2D eigenvalue weighted by Crippen LogP contribution is -2.10. The molecule has 0 amide bonds. The summed E-state index contributed by atoms with van der Waals surface area (Å²) in [6.07, 6.45) is 3.86. The second-order valence-corrected chi connectivity index (χ2v) is 4.24. The third kappa shape index (κ3) is 1.73. The summed E-state index contributed by atoms with van der Waals surface area (Å²) in [5.41, 5.74) is 1.04. The van der Waals surface area contributed by atoms with Gasteiger partial charge in [0.2, 0.25) is 5.78 Å². The Bertz CT molecular complexity index is 376. The SMILES string of the molecule is Cc1ccsc1C(=O)C1=CCCCO1. The number of hydrogen-bond acceptors (Lipinski definition) is 3. The molecule has 0 fully saturated rings. The summed E-state index contributed by atoms with van der Waals surface area (Å²) < 4.78 is 5.34. The van der Waals surface area contributed by atoms with Crippen LogP contribution in [0.4, 0.5) is 0 Å². The van der Waals surface area contributed by atoms with Crippen LogP contribution in [0.5, 0.6) is 0 Å². The second kappa shape index (κ2) is 3.96. The molecule has 1 aromatic heterocycles. The molecule has 1 aromatic rings. The van der Waals surface area contributed by atoms with Gasteiger partial charge in [-0.25, -0.2) is 0 Å². The molecule has 0 saturated carbocycles. The Balaban J connectivity index is 2.23. The van der Waals surface area contributed by atoms with Gasteiger partial charge in [0.1, 0.15) is 0 Å². The molecule has 0 bridgehead atoms. The van der Waals surface area contributed by atoms with Crippen molar-refractivity contribution in [3.05, 3.63) is 33.7 Å². The number of rotatable bonds is 2. The summed E-state index contributed by atoms with van der Waals surface area (Å²) in [5.74, 6) is 0.569. The summed E-state index contributed by atoms with van der Waals surface area (Å²) in [7, 11) is 0. The molecule has 0 unspecified atom stereocenters. The second-order valence-electron chi connectivity index (χ2n) is 3.32. The lowest BCUT2D eigenvalue weighted by Gasteiger charge is -2.13. The van der Waals surface area contributed by atoms with E-state index in [1.165, 1.54) is 11.3 Å². The zero-order chi connectivity index (χ0) is 9.97. The third-order valence-corrected chi connectivity index (χ3v) is 3.24. The average molecular weight is 208 g/mol. The van der Waals surface area contributed by atoms with E-state index in [-0.39, 0.29) is 5.78 Å². The normalized spacial score (nSPS) is 15.9. The first-order chi connectivity index (χ1) is 6.79. The smallest absolute Gasteiger partial charge is 0.237 e. The van der Waals surface area contributed by atoms with Gasteiger partial charge in [-0.05, 0) is 42.9 Å². The number of aryl methyl sites for hydroxylation is 1. The average Bonchev–Trinajstić information content (AvgIpc) is 2.65. The number of hydrogen-bond donors (Lipinski definition) is 0. The monoisotopic (exact) mass is 208 g/mol. The number of thiophene rings is 1. The van der Waals surface area contributed by atoms with E-state index in [1.807, 2.05) is 24.4 Å². The summed E-state index contributed by atoms with van der Waals surface area (Å²) >= 11 is 1.48. The molecule has 0 N–H and O–H groups in total. The Hall–Kier alpha value is -1.09. The summed E-state index contributed by atoms with van der Waals surface area (Å²) in [6, 6.07) is 1.96. The first kappa shape index (κ1) is 9.46. The molecule has 0 aliphatic carbocycles. The number of ether oxygens (including phenoxy) is 1. The highest BCUT2D eigenvalue weighted by molar-refractivity contribution is 7.12. The van der Waals surface area contributed by atoms with Crippen LogP contribution in [0.2, 0.25) is 0 Å². The van der Waals surface area contributed by atoms with Crippen molar-refractivity contribution in [2.75, 3.05) is 6.61 Å². The summed E-state index contributed by atoms with van der Waals surface area (Å²) in [4.78, 5) is 12.7. The highest BCUT2D eigenvalue weighted by atomic mass is 32.1. The number of allylic oxidation sites excluding steroid dienone is 2. The van der Waals surface area contributed by atoms with Gasteiger partial charge in [0.05, 0.1) is 11.5 Å². The zero-order valence-corrected chi connectivity index (χ0v) is 8.89. The van der Waals surface area contributed by atoms with E-state index in [4.69, 9.17) is 4.74 Å². The Morgan fingerprint density at radius 3 is 3.00 bits per heavy atom. The van der Waals surface area contributed by atoms with Crippen LogP contribution in [0.25, 0.3) is 0 Å². The minimum Gasteiger partial charge on any atom is -0.490 e. The lowest BCUT2D eigenvalue weighted by atomic mass is 10.1. The Morgan fingerprint density at radius 2 is 2.43 bits per heavy atom. The van der Waals surface area contributed by atoms with E-state index in [0.29, 0.717) is 12.4 Å². The van der Waals surface area contributed by atoms with Crippen LogP contribution in [0.1, 0.15) is 28.1 Å². The fraction of sp³-hybridized carbons (Fsp3) is 0.364. The molecule has 0 atom stereocenters. The van der Waals surface area contributed by atoms with E-state index in [2.05, 4.69) is 0 Å². The van der Waals surface area contributed by atoms with Crippen molar-refractivity contribution in [3.63, 3.8) is 0 Å². The van der Waals surface area contributed by atoms with Gasteiger partial charge in [-0.2, -0.15) is 0 Å². The topological polar surface area (TPSA) is 26.3 Å². The molecule has 0 aromatic carbocycles. The molecule has 3 heteroatoms. The predicted octanol–water partition coefficient (Wildman–Crippen LogP) is 2.93. The van der Waals surface area contributed by atoms with Crippen molar-refractivity contribution < 1.29 is 9.53 Å². The van der Waals surface area contributed by atoms with Gasteiger partial charge in [-0.3, -0.25) is 4.79 Å². The standard InChI is InChI=1S/C11H12O2S/c1-8-5-7-14-11(8)10(12)9-4-2-3-6-13-9/h4-5,7H,2-3,6H2,1H3. The summed E-state index contributed by atoms with van der Waals surface area (Å²) in [5, 5.41) is 1.94. The van der Waals surface area contributed by atoms with Crippen LogP contribution in [0.3, 0.4) is 0 Å². The van der Waals surface area contributed by atoms with Crippen molar-refractivity contribution in [1.29, 1.82) is 0 Å². The molecule has 0 spiro atoms. The third-order valence-electron chi connectivity index (χ3n) is 2.23. The van der Waals surface area contributed by atoms with Crippen molar-refractivity contribution in [2.24, 2.45) is 0 Å². The molecule has 1 aliphatic rings. The lowest BCUT2D eigenvalue weighted by molar-refractivity contribution is 0.0902. The molecule has 0 radical (unpaired) electrons. The molecule has 2 heterocycles. The maximum atomic E-state index is 11.9. The largest absolute Gasteiger partial charge is 0.490 e. The quantitative estimate of drug-likeness (QED) is 0.698. The number of carbonyl (C=O) groups is 1. The maximum absolute atomic E-state index is 11.9. The van der Waals surface area contributed by atoms with Gasteiger partial charge in [0, 0.05) is 0 Å². The number of Topliss-reactive ketones (excluding diaryl/α,β-unsaturated/α-hetero) is 1.